The summed E-state index contributed by atoms with van der Waals surface area (Å²) in [5.74, 6) is -0.642. The van der Waals surface area contributed by atoms with Crippen LogP contribution in [0.2, 0.25) is 0 Å². The van der Waals surface area contributed by atoms with Crippen LogP contribution in [0.5, 0.6) is 0 Å². The SMILES string of the molecule is CCCCC/C=C\C[C@H]1COC[C@@H](C(=O)O)C1. The minimum Gasteiger partial charge on any atom is -0.481 e. The molecule has 1 aliphatic heterocycles. The van der Waals surface area contributed by atoms with Gasteiger partial charge in [-0.25, -0.2) is 0 Å². The molecule has 0 spiro atoms. The molecule has 0 aromatic heterocycles. The molecule has 17 heavy (non-hydrogen) atoms. The van der Waals surface area contributed by atoms with Crippen LogP contribution in [0.25, 0.3) is 0 Å². The number of rotatable bonds is 7. The lowest BCUT2D eigenvalue weighted by Crippen LogP contribution is -2.30. The van der Waals surface area contributed by atoms with Gasteiger partial charge in [0.15, 0.2) is 0 Å². The van der Waals surface area contributed by atoms with Crippen molar-refractivity contribution in [3.8, 4) is 0 Å². The van der Waals surface area contributed by atoms with Crippen molar-refractivity contribution in [2.45, 2.75) is 45.4 Å². The van der Waals surface area contributed by atoms with E-state index in [2.05, 4.69) is 19.1 Å². The lowest BCUT2D eigenvalue weighted by Gasteiger charge is -2.25. The van der Waals surface area contributed by atoms with Crippen molar-refractivity contribution >= 4 is 5.97 Å². The molecule has 2 atom stereocenters. The van der Waals surface area contributed by atoms with E-state index in [4.69, 9.17) is 9.84 Å². The summed E-state index contributed by atoms with van der Waals surface area (Å²) in [6.45, 7) is 3.30. The quantitative estimate of drug-likeness (QED) is 0.549. The maximum atomic E-state index is 10.9. The van der Waals surface area contributed by atoms with Crippen LogP contribution >= 0.6 is 0 Å². The van der Waals surface area contributed by atoms with Crippen LogP contribution in [-0.4, -0.2) is 24.3 Å². The van der Waals surface area contributed by atoms with Gasteiger partial charge in [0.1, 0.15) is 0 Å². The van der Waals surface area contributed by atoms with Crippen molar-refractivity contribution < 1.29 is 14.6 Å². The van der Waals surface area contributed by atoms with Crippen LogP contribution in [-0.2, 0) is 9.53 Å². The number of hydrogen-bond acceptors (Lipinski definition) is 2. The lowest BCUT2D eigenvalue weighted by molar-refractivity contribution is -0.147. The number of carboxylic acids is 1. The zero-order valence-corrected chi connectivity index (χ0v) is 10.7. The molecule has 1 rings (SSSR count). The van der Waals surface area contributed by atoms with E-state index in [0.29, 0.717) is 19.1 Å². The predicted octanol–water partition coefficient (Wildman–Crippen LogP) is 3.25. The standard InChI is InChI=1S/C14H24O3/c1-2-3-4-5-6-7-8-12-9-13(14(15)16)11-17-10-12/h6-7,12-13H,2-5,8-11H2,1H3,(H,15,16)/b7-6-/t12-,13+/m1/s1. The number of carbonyl (C=O) groups is 1. The monoisotopic (exact) mass is 240 g/mol. The Morgan fingerprint density at radius 2 is 2.18 bits per heavy atom. The summed E-state index contributed by atoms with van der Waals surface area (Å²) in [5, 5.41) is 8.93. The van der Waals surface area contributed by atoms with Crippen LogP contribution in [0.15, 0.2) is 12.2 Å². The molecule has 3 nitrogen and oxygen atoms in total. The average Bonchev–Trinajstić information content (AvgIpc) is 2.34. The van der Waals surface area contributed by atoms with E-state index in [0.717, 1.165) is 19.3 Å². The Kier molecular flexibility index (Phi) is 6.94. The van der Waals surface area contributed by atoms with E-state index in [1.165, 1.54) is 19.3 Å². The molecule has 1 fully saturated rings. The molecule has 1 saturated heterocycles. The fourth-order valence-corrected chi connectivity index (χ4v) is 2.17. The second-order valence-corrected chi connectivity index (χ2v) is 4.88. The van der Waals surface area contributed by atoms with E-state index in [9.17, 15) is 4.79 Å². The highest BCUT2D eigenvalue weighted by molar-refractivity contribution is 5.70. The number of aliphatic carboxylic acids is 1. The normalized spacial score (nSPS) is 25.2. The number of allylic oxidation sites excluding steroid dienone is 2. The molecule has 0 amide bonds. The molecule has 0 unspecified atom stereocenters. The first-order chi connectivity index (χ1) is 8.24. The Morgan fingerprint density at radius 3 is 2.88 bits per heavy atom. The summed E-state index contributed by atoms with van der Waals surface area (Å²) >= 11 is 0. The molecule has 3 heteroatoms. The summed E-state index contributed by atoms with van der Waals surface area (Å²) < 4.78 is 5.34. The van der Waals surface area contributed by atoms with E-state index >= 15 is 0 Å². The van der Waals surface area contributed by atoms with Gasteiger partial charge in [-0.3, -0.25) is 4.79 Å². The van der Waals surface area contributed by atoms with Crippen LogP contribution in [0.4, 0.5) is 0 Å². The molecular formula is C14H24O3. The maximum absolute atomic E-state index is 10.9. The number of unbranched alkanes of at least 4 members (excludes halogenated alkanes) is 3. The van der Waals surface area contributed by atoms with Crippen molar-refractivity contribution in [3.63, 3.8) is 0 Å². The second-order valence-electron chi connectivity index (χ2n) is 4.88. The number of ether oxygens (including phenoxy) is 1. The minimum atomic E-state index is -0.721. The molecule has 1 aliphatic rings. The van der Waals surface area contributed by atoms with E-state index in [-0.39, 0.29) is 5.92 Å². The molecule has 0 saturated carbocycles. The van der Waals surface area contributed by atoms with Crippen molar-refractivity contribution in [3.05, 3.63) is 12.2 Å². The molecule has 0 radical (unpaired) electrons. The summed E-state index contributed by atoms with van der Waals surface area (Å²) in [7, 11) is 0. The van der Waals surface area contributed by atoms with E-state index in [1.807, 2.05) is 0 Å². The van der Waals surface area contributed by atoms with Gasteiger partial charge in [0, 0.05) is 6.61 Å². The van der Waals surface area contributed by atoms with Crippen molar-refractivity contribution in [1.82, 2.24) is 0 Å². The number of carboxylic acid groups (broad SMARTS) is 1. The highest BCUT2D eigenvalue weighted by atomic mass is 16.5. The maximum Gasteiger partial charge on any atom is 0.308 e. The van der Waals surface area contributed by atoms with Crippen molar-refractivity contribution in [2.24, 2.45) is 11.8 Å². The first-order valence-corrected chi connectivity index (χ1v) is 6.69. The summed E-state index contributed by atoms with van der Waals surface area (Å²) in [5.41, 5.74) is 0. The van der Waals surface area contributed by atoms with Gasteiger partial charge in [-0.15, -0.1) is 0 Å². The van der Waals surface area contributed by atoms with Gasteiger partial charge in [0.05, 0.1) is 12.5 Å². The highest BCUT2D eigenvalue weighted by Crippen LogP contribution is 2.23. The molecule has 1 heterocycles. The van der Waals surface area contributed by atoms with Crippen LogP contribution < -0.4 is 0 Å². The van der Waals surface area contributed by atoms with E-state index in [1.54, 1.807) is 0 Å². The minimum absolute atomic E-state index is 0.303. The third-order valence-corrected chi connectivity index (χ3v) is 3.25. The molecule has 0 bridgehead atoms. The average molecular weight is 240 g/mol. The molecule has 0 aromatic carbocycles. The van der Waals surface area contributed by atoms with Crippen molar-refractivity contribution in [1.29, 1.82) is 0 Å². The smallest absolute Gasteiger partial charge is 0.308 e. The van der Waals surface area contributed by atoms with Crippen LogP contribution in [0.1, 0.15) is 45.4 Å². The molecular weight excluding hydrogens is 216 g/mol. The molecule has 0 aliphatic carbocycles. The van der Waals surface area contributed by atoms with Gasteiger partial charge in [-0.2, -0.15) is 0 Å². The Morgan fingerprint density at radius 1 is 1.35 bits per heavy atom. The molecule has 1 N–H and O–H groups in total. The van der Waals surface area contributed by atoms with Gasteiger partial charge in [0.25, 0.3) is 0 Å². The highest BCUT2D eigenvalue weighted by Gasteiger charge is 2.26. The Hall–Kier alpha value is -0.830. The second kappa shape index (κ2) is 8.29. The zero-order valence-electron chi connectivity index (χ0n) is 10.7. The molecule has 98 valence electrons. The van der Waals surface area contributed by atoms with Gasteiger partial charge in [-0.1, -0.05) is 31.9 Å². The zero-order chi connectivity index (χ0) is 12.5. The van der Waals surface area contributed by atoms with Crippen molar-refractivity contribution in [2.75, 3.05) is 13.2 Å². The third kappa shape index (κ3) is 5.87. The fraction of sp³-hybridized carbons (Fsp3) is 0.786. The van der Waals surface area contributed by atoms with E-state index < -0.39 is 5.97 Å². The van der Waals surface area contributed by atoms with Gasteiger partial charge >= 0.3 is 5.97 Å². The van der Waals surface area contributed by atoms with Crippen LogP contribution in [0.3, 0.4) is 0 Å². The third-order valence-electron chi connectivity index (χ3n) is 3.25. The first-order valence-electron chi connectivity index (χ1n) is 6.69. The fourth-order valence-electron chi connectivity index (χ4n) is 2.17. The molecule has 0 aromatic rings. The topological polar surface area (TPSA) is 46.5 Å². The summed E-state index contributed by atoms with van der Waals surface area (Å²) in [6, 6.07) is 0. The lowest BCUT2D eigenvalue weighted by atomic mass is 9.90. The largest absolute Gasteiger partial charge is 0.481 e. The summed E-state index contributed by atoms with van der Waals surface area (Å²) in [4.78, 5) is 10.9. The Bertz CT molecular complexity index is 248. The van der Waals surface area contributed by atoms with Gasteiger partial charge < -0.3 is 9.84 Å². The van der Waals surface area contributed by atoms with Crippen LogP contribution in [0, 0.1) is 11.8 Å². The first kappa shape index (κ1) is 14.2. The number of hydrogen-bond donors (Lipinski definition) is 1. The Labute approximate surface area is 104 Å². The summed E-state index contributed by atoms with van der Waals surface area (Å²) in [6.07, 6.45) is 11.1. The predicted molar refractivity (Wildman–Crippen MR) is 68.0 cm³/mol. The van der Waals surface area contributed by atoms with Gasteiger partial charge in [-0.05, 0) is 31.6 Å². The Balaban J connectivity index is 2.16. The van der Waals surface area contributed by atoms with Gasteiger partial charge in [0.2, 0.25) is 0 Å².